The van der Waals surface area contributed by atoms with E-state index in [1.165, 1.54) is 6.33 Å². The third kappa shape index (κ3) is 3.72. The molecule has 6 nitrogen and oxygen atoms in total. The molecular formula is C10H17N5O. The van der Waals surface area contributed by atoms with Gasteiger partial charge in [0.15, 0.2) is 0 Å². The Labute approximate surface area is 94.7 Å². The summed E-state index contributed by atoms with van der Waals surface area (Å²) in [6.07, 6.45) is 1.69. The Bertz CT molecular complexity index is 377. The molecule has 0 saturated carbocycles. The van der Waals surface area contributed by atoms with E-state index in [1.807, 2.05) is 13.8 Å². The van der Waals surface area contributed by atoms with Gasteiger partial charge in [0, 0.05) is 25.1 Å². The number of anilines is 2. The van der Waals surface area contributed by atoms with Crippen LogP contribution in [0.1, 0.15) is 20.3 Å². The molecule has 0 fully saturated rings. The largest absolute Gasteiger partial charge is 0.373 e. The molecule has 6 heteroatoms. The Morgan fingerprint density at radius 1 is 1.44 bits per heavy atom. The van der Waals surface area contributed by atoms with Crippen LogP contribution in [0.2, 0.25) is 0 Å². The monoisotopic (exact) mass is 223 g/mol. The first-order valence-corrected chi connectivity index (χ1v) is 4.99. The van der Waals surface area contributed by atoms with Crippen molar-refractivity contribution >= 4 is 17.5 Å². The van der Waals surface area contributed by atoms with Crippen LogP contribution in [0.15, 0.2) is 12.4 Å². The van der Waals surface area contributed by atoms with Gasteiger partial charge in [0.25, 0.3) is 0 Å². The Morgan fingerprint density at radius 2 is 2.06 bits per heavy atom. The molecule has 0 spiro atoms. The van der Waals surface area contributed by atoms with Gasteiger partial charge in [-0.3, -0.25) is 4.79 Å². The van der Waals surface area contributed by atoms with Crippen molar-refractivity contribution in [2.45, 2.75) is 25.8 Å². The lowest BCUT2D eigenvalue weighted by atomic mass is 10.0. The summed E-state index contributed by atoms with van der Waals surface area (Å²) in [5.74, 6) is 1.03. The quantitative estimate of drug-likeness (QED) is 0.679. The third-order valence-electron chi connectivity index (χ3n) is 2.01. The molecule has 4 N–H and O–H groups in total. The first-order valence-electron chi connectivity index (χ1n) is 4.99. The van der Waals surface area contributed by atoms with Crippen molar-refractivity contribution in [3.8, 4) is 0 Å². The van der Waals surface area contributed by atoms with Crippen LogP contribution in [0.5, 0.6) is 0 Å². The van der Waals surface area contributed by atoms with E-state index in [0.717, 1.165) is 0 Å². The van der Waals surface area contributed by atoms with Gasteiger partial charge in [0.1, 0.15) is 18.0 Å². The first kappa shape index (κ1) is 12.2. The average molecular weight is 223 g/mol. The lowest BCUT2D eigenvalue weighted by molar-refractivity contribution is -0.118. The molecule has 0 bridgehead atoms. The number of primary amides is 1. The highest BCUT2D eigenvalue weighted by Crippen LogP contribution is 2.17. The third-order valence-corrected chi connectivity index (χ3v) is 2.01. The second-order valence-electron chi connectivity index (χ2n) is 4.19. The van der Waals surface area contributed by atoms with E-state index in [0.29, 0.717) is 11.6 Å². The Balaban J connectivity index is 2.75. The summed E-state index contributed by atoms with van der Waals surface area (Å²) in [6, 6.07) is 1.77. The molecular weight excluding hydrogens is 206 g/mol. The molecule has 16 heavy (non-hydrogen) atoms. The summed E-state index contributed by atoms with van der Waals surface area (Å²) in [5, 5.41) is 6.04. The van der Waals surface area contributed by atoms with Crippen LogP contribution in [0.25, 0.3) is 0 Å². The zero-order valence-electron chi connectivity index (χ0n) is 9.74. The number of carbonyl (C=O) groups is 1. The predicted octanol–water partition coefficient (Wildman–Crippen LogP) is 0.584. The van der Waals surface area contributed by atoms with Crippen molar-refractivity contribution in [2.24, 2.45) is 5.73 Å². The van der Waals surface area contributed by atoms with E-state index in [-0.39, 0.29) is 12.3 Å². The smallest absolute Gasteiger partial charge is 0.219 e. The Kier molecular flexibility index (Phi) is 3.65. The lowest BCUT2D eigenvalue weighted by Gasteiger charge is -2.25. The maximum absolute atomic E-state index is 10.9. The number of hydrogen-bond acceptors (Lipinski definition) is 5. The molecule has 0 unspecified atom stereocenters. The second-order valence-corrected chi connectivity index (χ2v) is 4.19. The first-order chi connectivity index (χ1) is 7.43. The number of nitrogens with zero attached hydrogens (tertiary/aromatic N) is 2. The molecule has 0 radical (unpaired) electrons. The minimum absolute atomic E-state index is 0.242. The van der Waals surface area contributed by atoms with Crippen LogP contribution < -0.4 is 16.4 Å². The topological polar surface area (TPSA) is 92.9 Å². The standard InChI is InChI=1S/C10H17N5O/c1-10(2,5-7(11)16)15-9-4-8(12-3)13-6-14-9/h4,6H,5H2,1-3H3,(H2,11,16)(H2,12,13,14,15). The zero-order chi connectivity index (χ0) is 12.2. The van der Waals surface area contributed by atoms with Gasteiger partial charge in [-0.1, -0.05) is 0 Å². The van der Waals surface area contributed by atoms with E-state index in [9.17, 15) is 4.79 Å². The van der Waals surface area contributed by atoms with Crippen LogP contribution in [0.4, 0.5) is 11.6 Å². The molecule has 1 heterocycles. The second kappa shape index (κ2) is 4.78. The van der Waals surface area contributed by atoms with E-state index in [1.54, 1.807) is 13.1 Å². The number of carbonyl (C=O) groups excluding carboxylic acids is 1. The number of nitrogens with two attached hydrogens (primary N) is 1. The van der Waals surface area contributed by atoms with Crippen LogP contribution in [0, 0.1) is 0 Å². The van der Waals surface area contributed by atoms with Crippen molar-refractivity contribution < 1.29 is 4.79 Å². The van der Waals surface area contributed by atoms with Gasteiger partial charge in [-0.15, -0.1) is 0 Å². The highest BCUT2D eigenvalue weighted by molar-refractivity contribution is 5.75. The summed E-state index contributed by atoms with van der Waals surface area (Å²) < 4.78 is 0. The Hall–Kier alpha value is -1.85. The number of amides is 1. The summed E-state index contributed by atoms with van der Waals surface area (Å²) >= 11 is 0. The van der Waals surface area contributed by atoms with E-state index >= 15 is 0 Å². The normalized spacial score (nSPS) is 10.9. The van der Waals surface area contributed by atoms with Crippen LogP contribution in [0.3, 0.4) is 0 Å². The van der Waals surface area contributed by atoms with Crippen molar-refractivity contribution in [3.63, 3.8) is 0 Å². The predicted molar refractivity (Wildman–Crippen MR) is 63.1 cm³/mol. The fourth-order valence-corrected chi connectivity index (χ4v) is 1.39. The molecule has 88 valence electrons. The fraction of sp³-hybridized carbons (Fsp3) is 0.500. The maximum atomic E-state index is 10.9. The molecule has 0 saturated heterocycles. The molecule has 1 aromatic heterocycles. The van der Waals surface area contributed by atoms with E-state index < -0.39 is 5.54 Å². The van der Waals surface area contributed by atoms with Crippen LogP contribution >= 0.6 is 0 Å². The Morgan fingerprint density at radius 3 is 2.62 bits per heavy atom. The van der Waals surface area contributed by atoms with Gasteiger partial charge in [0.2, 0.25) is 5.91 Å². The molecule has 1 rings (SSSR count). The average Bonchev–Trinajstić information content (AvgIpc) is 2.15. The molecule has 0 aliphatic rings. The van der Waals surface area contributed by atoms with Crippen molar-refractivity contribution in [1.29, 1.82) is 0 Å². The highest BCUT2D eigenvalue weighted by Gasteiger charge is 2.20. The molecule has 1 amide bonds. The number of nitrogens with one attached hydrogen (secondary N) is 2. The van der Waals surface area contributed by atoms with Crippen molar-refractivity contribution in [3.05, 3.63) is 12.4 Å². The van der Waals surface area contributed by atoms with Crippen molar-refractivity contribution in [1.82, 2.24) is 9.97 Å². The molecule has 0 aliphatic heterocycles. The number of aromatic nitrogens is 2. The summed E-state index contributed by atoms with van der Waals surface area (Å²) in [5.41, 5.74) is 4.74. The van der Waals surface area contributed by atoms with Gasteiger partial charge in [-0.25, -0.2) is 9.97 Å². The fourth-order valence-electron chi connectivity index (χ4n) is 1.39. The maximum Gasteiger partial charge on any atom is 0.219 e. The summed E-state index contributed by atoms with van der Waals surface area (Å²) in [4.78, 5) is 18.9. The number of hydrogen-bond donors (Lipinski definition) is 3. The summed E-state index contributed by atoms with van der Waals surface area (Å²) in [6.45, 7) is 3.78. The van der Waals surface area contributed by atoms with Gasteiger partial charge in [-0.05, 0) is 13.8 Å². The van der Waals surface area contributed by atoms with Gasteiger partial charge < -0.3 is 16.4 Å². The minimum Gasteiger partial charge on any atom is -0.373 e. The molecule has 0 aromatic carbocycles. The van der Waals surface area contributed by atoms with Gasteiger partial charge >= 0.3 is 0 Å². The number of rotatable bonds is 5. The molecule has 1 aromatic rings. The molecule has 0 aliphatic carbocycles. The van der Waals surface area contributed by atoms with Crippen LogP contribution in [-0.2, 0) is 4.79 Å². The highest BCUT2D eigenvalue weighted by atomic mass is 16.1. The minimum atomic E-state index is -0.425. The van der Waals surface area contributed by atoms with E-state index in [4.69, 9.17) is 5.73 Å². The zero-order valence-corrected chi connectivity index (χ0v) is 9.74. The SMILES string of the molecule is CNc1cc(NC(C)(C)CC(N)=O)ncn1. The van der Waals surface area contributed by atoms with Gasteiger partial charge in [-0.2, -0.15) is 0 Å². The lowest BCUT2D eigenvalue weighted by Crippen LogP contribution is -2.36. The van der Waals surface area contributed by atoms with E-state index in [2.05, 4.69) is 20.6 Å². The van der Waals surface area contributed by atoms with Crippen LogP contribution in [-0.4, -0.2) is 28.5 Å². The van der Waals surface area contributed by atoms with Crippen molar-refractivity contribution in [2.75, 3.05) is 17.7 Å². The van der Waals surface area contributed by atoms with Gasteiger partial charge in [0.05, 0.1) is 0 Å². The molecule has 0 atom stereocenters. The summed E-state index contributed by atoms with van der Waals surface area (Å²) in [7, 11) is 1.78.